The first kappa shape index (κ1) is 26.2. The predicted octanol–water partition coefficient (Wildman–Crippen LogP) is 3.35. The van der Waals surface area contributed by atoms with Crippen LogP contribution in [0.15, 0.2) is 64.4 Å². The average Bonchev–Trinajstić information content (AvgIpc) is 3.75. The molecule has 2 bridgehead atoms. The Morgan fingerprint density at radius 1 is 0.952 bits per heavy atom. The van der Waals surface area contributed by atoms with Crippen LogP contribution in [-0.2, 0) is 19.1 Å². The van der Waals surface area contributed by atoms with Gasteiger partial charge in [-0.1, -0.05) is 47.7 Å². The van der Waals surface area contributed by atoms with Gasteiger partial charge in [0.1, 0.15) is 5.75 Å². The number of para-hydroxylation sites is 2. The number of imide groups is 1. The third kappa shape index (κ3) is 3.93. The van der Waals surface area contributed by atoms with Crippen molar-refractivity contribution in [1.29, 1.82) is 0 Å². The van der Waals surface area contributed by atoms with Gasteiger partial charge in [-0.2, -0.15) is 0 Å². The van der Waals surface area contributed by atoms with Gasteiger partial charge in [0.15, 0.2) is 6.61 Å². The van der Waals surface area contributed by atoms with Crippen LogP contribution in [0.4, 0.5) is 5.69 Å². The summed E-state index contributed by atoms with van der Waals surface area (Å²) < 4.78 is 11.6. The molecule has 4 fully saturated rings. The molecule has 7 atom stereocenters. The molecule has 2 saturated heterocycles. The van der Waals surface area contributed by atoms with Crippen LogP contribution in [0.3, 0.4) is 0 Å². The number of ether oxygens (including phenoxy) is 2. The molecule has 2 aliphatic carbocycles. The minimum Gasteiger partial charge on any atom is -0.483 e. The largest absolute Gasteiger partial charge is 0.483 e. The summed E-state index contributed by atoms with van der Waals surface area (Å²) in [6.07, 6.45) is 0.811. The van der Waals surface area contributed by atoms with E-state index in [1.807, 2.05) is 54.6 Å². The van der Waals surface area contributed by atoms with Gasteiger partial charge in [-0.05, 0) is 42.4 Å². The van der Waals surface area contributed by atoms with Gasteiger partial charge >= 0.3 is 4.87 Å². The van der Waals surface area contributed by atoms with Crippen LogP contribution in [0.2, 0.25) is 0 Å². The summed E-state index contributed by atoms with van der Waals surface area (Å²) >= 11 is 2.87. The van der Waals surface area contributed by atoms with Crippen molar-refractivity contribution in [1.82, 2.24) is 9.88 Å². The number of fused-ring (bicyclic) bond motifs is 9. The number of H-pyrrole nitrogens is 1. The maximum absolute atomic E-state index is 13.9. The van der Waals surface area contributed by atoms with E-state index < -0.39 is 0 Å². The summed E-state index contributed by atoms with van der Waals surface area (Å²) in [6, 6.07) is 16.9. The number of carbonyl (C=O) groups excluding carboxylic acids is 3. The number of thioether (sulfide) groups is 1. The predicted molar refractivity (Wildman–Crippen MR) is 157 cm³/mol. The lowest BCUT2D eigenvalue weighted by Crippen LogP contribution is -2.43. The minimum absolute atomic E-state index is 0.000974. The van der Waals surface area contributed by atoms with Crippen LogP contribution in [-0.4, -0.2) is 65.8 Å². The zero-order valence-electron chi connectivity index (χ0n) is 22.6. The number of rotatable bonds is 5. The molecule has 8 rings (SSSR count). The topological polar surface area (TPSA) is 109 Å². The van der Waals surface area contributed by atoms with Gasteiger partial charge in [0.2, 0.25) is 11.8 Å². The number of morpholine rings is 1. The van der Waals surface area contributed by atoms with Gasteiger partial charge in [-0.25, -0.2) is 0 Å². The van der Waals surface area contributed by atoms with Gasteiger partial charge in [-0.3, -0.25) is 24.1 Å². The molecule has 1 aromatic heterocycles. The molecule has 5 aliphatic rings. The zero-order chi connectivity index (χ0) is 28.5. The van der Waals surface area contributed by atoms with E-state index in [9.17, 15) is 19.2 Å². The maximum Gasteiger partial charge on any atom is 0.305 e. The maximum atomic E-state index is 13.9. The Morgan fingerprint density at radius 3 is 2.45 bits per heavy atom. The highest BCUT2D eigenvalue weighted by Crippen LogP contribution is 2.69. The smallest absolute Gasteiger partial charge is 0.305 e. The molecule has 2 saturated carbocycles. The zero-order valence-corrected chi connectivity index (χ0v) is 24.3. The van der Waals surface area contributed by atoms with Crippen molar-refractivity contribution in [3.05, 3.63) is 74.7 Å². The van der Waals surface area contributed by atoms with Crippen molar-refractivity contribution in [2.75, 3.05) is 37.8 Å². The Morgan fingerprint density at radius 2 is 1.67 bits per heavy atom. The first-order valence-electron chi connectivity index (χ1n) is 14.4. The van der Waals surface area contributed by atoms with Gasteiger partial charge in [-0.15, -0.1) is 11.8 Å². The van der Waals surface area contributed by atoms with Crippen LogP contribution in [0.25, 0.3) is 0 Å². The van der Waals surface area contributed by atoms with Crippen molar-refractivity contribution in [3.63, 3.8) is 0 Å². The molecular weight excluding hydrogens is 574 g/mol. The Hall–Kier alpha value is -3.41. The quantitative estimate of drug-likeness (QED) is 0.446. The number of benzene rings is 2. The minimum atomic E-state index is -0.375. The highest BCUT2D eigenvalue weighted by atomic mass is 32.2. The number of aromatic nitrogens is 1. The second kappa shape index (κ2) is 10.1. The fourth-order valence-electron chi connectivity index (χ4n) is 8.11. The normalized spacial score (nSPS) is 31.2. The SMILES string of the molecule is O=C(COc1ccccc1[C@@H]1c2sc(=O)[nH]c2S[C@@H]2[C@@H]3C[C@@H]([C@@H]4C(=O)N(c5ccccc5)C(=O)[C@@H]34)[C@H]12)N1CCOCC1. The summed E-state index contributed by atoms with van der Waals surface area (Å²) in [5, 5.41) is 0.922. The monoisotopic (exact) mass is 603 g/mol. The lowest BCUT2D eigenvalue weighted by atomic mass is 9.68. The summed E-state index contributed by atoms with van der Waals surface area (Å²) in [5.41, 5.74) is 1.54. The van der Waals surface area contributed by atoms with Gasteiger partial charge in [0.25, 0.3) is 5.91 Å². The van der Waals surface area contributed by atoms with E-state index in [1.165, 1.54) is 16.2 Å². The van der Waals surface area contributed by atoms with E-state index in [0.29, 0.717) is 37.7 Å². The highest BCUT2D eigenvalue weighted by Gasteiger charge is 2.69. The molecule has 3 amide bonds. The first-order valence-corrected chi connectivity index (χ1v) is 16.1. The summed E-state index contributed by atoms with van der Waals surface area (Å²) in [6.45, 7) is 2.06. The van der Waals surface area contributed by atoms with Crippen molar-refractivity contribution in [2.45, 2.75) is 22.6 Å². The number of nitrogens with one attached hydrogen (secondary N) is 1. The Kier molecular flexibility index (Phi) is 6.31. The average molecular weight is 604 g/mol. The van der Waals surface area contributed by atoms with E-state index in [0.717, 1.165) is 21.9 Å². The molecule has 3 aromatic rings. The fraction of sp³-hybridized carbons (Fsp3) is 0.419. The number of nitrogens with zero attached hydrogens (tertiary/aromatic N) is 2. The van der Waals surface area contributed by atoms with E-state index >= 15 is 0 Å². The number of hydrogen-bond acceptors (Lipinski definition) is 8. The van der Waals surface area contributed by atoms with Crippen LogP contribution in [0, 0.1) is 29.6 Å². The third-order valence-electron chi connectivity index (χ3n) is 9.71. The number of amides is 3. The standard InChI is InChI=1S/C31H29N3O6S2/c35-21(33-10-12-39-13-11-33)15-40-20-9-5-4-8-17(20)22-23-18-14-19(26(23)41-28-27(22)42-31(38)32-28)25-24(18)29(36)34(30(25)37)16-6-2-1-3-7-16/h1-9,18-19,22-26H,10-15H2,(H,32,38)/t18-,19-,22+,23-,24+,25+,26-/m1/s1. The fourth-order valence-corrected chi connectivity index (χ4v) is 11.0. The molecule has 0 spiro atoms. The molecule has 11 heteroatoms. The summed E-state index contributed by atoms with van der Waals surface area (Å²) in [7, 11) is 0. The molecule has 4 heterocycles. The molecule has 0 radical (unpaired) electrons. The molecule has 1 N–H and O–H groups in total. The lowest BCUT2D eigenvalue weighted by molar-refractivity contribution is -0.137. The van der Waals surface area contributed by atoms with Crippen LogP contribution in [0.5, 0.6) is 5.75 Å². The molecule has 216 valence electrons. The van der Waals surface area contributed by atoms with Crippen molar-refractivity contribution < 1.29 is 23.9 Å². The molecule has 0 unspecified atom stereocenters. The number of thiazole rings is 1. The summed E-state index contributed by atoms with van der Waals surface area (Å²) in [5.74, 6) is -0.509. The number of aromatic amines is 1. The second-order valence-corrected chi connectivity index (χ2v) is 13.8. The molecule has 2 aromatic carbocycles. The van der Waals surface area contributed by atoms with Crippen LogP contribution >= 0.6 is 23.1 Å². The Balaban J connectivity index is 1.15. The number of hydrogen-bond donors (Lipinski definition) is 1. The van der Waals surface area contributed by atoms with E-state index in [1.54, 1.807) is 16.7 Å². The highest BCUT2D eigenvalue weighted by molar-refractivity contribution is 8.00. The summed E-state index contributed by atoms with van der Waals surface area (Å²) in [4.78, 5) is 60.3. The Bertz CT molecular complexity index is 1630. The van der Waals surface area contributed by atoms with Gasteiger partial charge < -0.3 is 19.4 Å². The number of carbonyl (C=O) groups is 3. The van der Waals surface area contributed by atoms with E-state index in [-0.39, 0.29) is 70.0 Å². The Labute approximate surface area is 250 Å². The molecular formula is C31H29N3O6S2. The number of anilines is 1. The van der Waals surface area contributed by atoms with E-state index in [4.69, 9.17) is 9.47 Å². The van der Waals surface area contributed by atoms with Crippen molar-refractivity contribution >= 4 is 46.5 Å². The second-order valence-electron chi connectivity index (χ2n) is 11.6. The van der Waals surface area contributed by atoms with Crippen LogP contribution in [0.1, 0.15) is 22.8 Å². The first-order chi connectivity index (χ1) is 20.5. The third-order valence-corrected chi connectivity index (χ3v) is 12.3. The van der Waals surface area contributed by atoms with Gasteiger partial charge in [0, 0.05) is 34.7 Å². The van der Waals surface area contributed by atoms with Crippen LogP contribution < -0.4 is 14.5 Å². The molecule has 3 aliphatic heterocycles. The molecule has 42 heavy (non-hydrogen) atoms. The molecule has 9 nitrogen and oxygen atoms in total. The van der Waals surface area contributed by atoms with Crippen molar-refractivity contribution in [2.24, 2.45) is 29.6 Å². The lowest BCUT2D eigenvalue weighted by Gasteiger charge is -2.43. The van der Waals surface area contributed by atoms with Gasteiger partial charge in [0.05, 0.1) is 35.8 Å². The van der Waals surface area contributed by atoms with E-state index in [2.05, 4.69) is 4.98 Å². The van der Waals surface area contributed by atoms with Crippen molar-refractivity contribution in [3.8, 4) is 5.75 Å².